The molecule has 1 saturated heterocycles. The average molecular weight is 377 g/mol. The van der Waals surface area contributed by atoms with Crippen molar-refractivity contribution >= 4 is 5.82 Å². The van der Waals surface area contributed by atoms with Crippen LogP contribution in [-0.4, -0.2) is 29.7 Å². The molecule has 27 heavy (non-hydrogen) atoms. The number of nitrogens with one attached hydrogen (secondary N) is 1. The molecule has 1 N–H and O–H groups in total. The van der Waals surface area contributed by atoms with Crippen molar-refractivity contribution in [3.63, 3.8) is 0 Å². The molecule has 144 valence electrons. The van der Waals surface area contributed by atoms with Gasteiger partial charge in [0.2, 0.25) is 0 Å². The molecule has 0 amide bonds. The number of ether oxygens (including phenoxy) is 1. The van der Waals surface area contributed by atoms with Crippen LogP contribution in [0.5, 0.6) is 0 Å². The summed E-state index contributed by atoms with van der Waals surface area (Å²) in [5.74, 6) is 2.03. The molecule has 0 spiro atoms. The van der Waals surface area contributed by atoms with E-state index in [1.165, 1.54) is 12.1 Å². The monoisotopic (exact) mass is 377 g/mol. The Labute approximate surface area is 156 Å². The lowest BCUT2D eigenvalue weighted by Crippen LogP contribution is -2.40. The van der Waals surface area contributed by atoms with Crippen LogP contribution in [0.25, 0.3) is 0 Å². The standard InChI is InChI=1S/C20H22F3N3O/c21-20(22,23)16-3-1-2-15(12-16)19(7-10-27-11-8-19)13-25-17-6-9-24-18(26-17)14-4-5-14/h1-3,6,9,12,14H,4-5,7-8,10-11,13H2,(H,24,25,26). The van der Waals surface area contributed by atoms with E-state index in [1.54, 1.807) is 12.3 Å². The third kappa shape index (κ3) is 4.08. The highest BCUT2D eigenvalue weighted by molar-refractivity contribution is 5.38. The Morgan fingerprint density at radius 1 is 1.15 bits per heavy atom. The average Bonchev–Trinajstić information content (AvgIpc) is 3.52. The fourth-order valence-electron chi connectivity index (χ4n) is 3.63. The van der Waals surface area contributed by atoms with E-state index in [1.807, 2.05) is 6.07 Å². The summed E-state index contributed by atoms with van der Waals surface area (Å²) in [7, 11) is 0. The van der Waals surface area contributed by atoms with Gasteiger partial charge in [-0.1, -0.05) is 18.2 Å². The number of anilines is 1. The van der Waals surface area contributed by atoms with Crippen molar-refractivity contribution in [1.82, 2.24) is 9.97 Å². The van der Waals surface area contributed by atoms with Gasteiger partial charge in [-0.05, 0) is 43.4 Å². The van der Waals surface area contributed by atoms with Crippen molar-refractivity contribution in [2.24, 2.45) is 0 Å². The van der Waals surface area contributed by atoms with Crippen LogP contribution in [0.15, 0.2) is 36.5 Å². The quantitative estimate of drug-likeness (QED) is 0.831. The molecule has 0 radical (unpaired) electrons. The van der Waals surface area contributed by atoms with E-state index < -0.39 is 17.2 Å². The Balaban J connectivity index is 1.58. The first kappa shape index (κ1) is 18.2. The van der Waals surface area contributed by atoms with Gasteiger partial charge in [0.15, 0.2) is 0 Å². The molecule has 2 heterocycles. The maximum Gasteiger partial charge on any atom is 0.416 e. The van der Waals surface area contributed by atoms with Crippen LogP contribution in [-0.2, 0) is 16.3 Å². The van der Waals surface area contributed by atoms with Gasteiger partial charge in [-0.3, -0.25) is 0 Å². The number of nitrogens with zero attached hydrogens (tertiary/aromatic N) is 2. The molecule has 1 aliphatic carbocycles. The van der Waals surface area contributed by atoms with Crippen molar-refractivity contribution in [3.05, 3.63) is 53.5 Å². The zero-order chi connectivity index (χ0) is 18.9. The van der Waals surface area contributed by atoms with Gasteiger partial charge < -0.3 is 10.1 Å². The summed E-state index contributed by atoms with van der Waals surface area (Å²) < 4.78 is 45.0. The molecule has 0 bridgehead atoms. The first-order chi connectivity index (χ1) is 13.0. The van der Waals surface area contributed by atoms with Crippen LogP contribution in [0.3, 0.4) is 0 Å². The van der Waals surface area contributed by atoms with Gasteiger partial charge in [0.05, 0.1) is 5.56 Å². The molecule has 0 atom stereocenters. The lowest BCUT2D eigenvalue weighted by Gasteiger charge is -2.38. The maximum atomic E-state index is 13.2. The topological polar surface area (TPSA) is 47.0 Å². The Morgan fingerprint density at radius 2 is 1.93 bits per heavy atom. The van der Waals surface area contributed by atoms with Crippen molar-refractivity contribution < 1.29 is 17.9 Å². The lowest BCUT2D eigenvalue weighted by atomic mass is 9.73. The minimum absolute atomic E-state index is 0.412. The molecule has 4 nitrogen and oxygen atoms in total. The fourth-order valence-corrected chi connectivity index (χ4v) is 3.63. The fraction of sp³-hybridized carbons (Fsp3) is 0.500. The number of hydrogen-bond acceptors (Lipinski definition) is 4. The van der Waals surface area contributed by atoms with Crippen molar-refractivity contribution in [1.29, 1.82) is 0 Å². The van der Waals surface area contributed by atoms with Gasteiger partial charge in [-0.2, -0.15) is 13.2 Å². The van der Waals surface area contributed by atoms with E-state index in [4.69, 9.17) is 4.74 Å². The minimum Gasteiger partial charge on any atom is -0.381 e. The lowest BCUT2D eigenvalue weighted by molar-refractivity contribution is -0.137. The third-order valence-electron chi connectivity index (χ3n) is 5.48. The normalized spacial score (nSPS) is 19.7. The second-order valence-corrected chi connectivity index (χ2v) is 7.40. The molecular formula is C20H22F3N3O. The van der Waals surface area contributed by atoms with Gasteiger partial charge in [-0.25, -0.2) is 9.97 Å². The van der Waals surface area contributed by atoms with Crippen LogP contribution in [0.4, 0.5) is 19.0 Å². The number of hydrogen-bond donors (Lipinski definition) is 1. The summed E-state index contributed by atoms with van der Waals surface area (Å²) in [5.41, 5.74) is -0.321. The predicted octanol–water partition coefficient (Wildman–Crippen LogP) is 4.53. The number of alkyl halides is 3. The smallest absolute Gasteiger partial charge is 0.381 e. The molecule has 1 aromatic carbocycles. The first-order valence-electron chi connectivity index (χ1n) is 9.29. The molecule has 2 aromatic rings. The molecular weight excluding hydrogens is 355 g/mol. The summed E-state index contributed by atoms with van der Waals surface area (Å²) in [6.07, 6.45) is 0.971. The molecule has 2 aliphatic rings. The van der Waals surface area contributed by atoms with Crippen LogP contribution in [0.1, 0.15) is 48.6 Å². The number of benzene rings is 1. The van der Waals surface area contributed by atoms with Crippen molar-refractivity contribution in [2.75, 3.05) is 25.1 Å². The molecule has 2 fully saturated rings. The molecule has 1 aliphatic heterocycles. The Bertz CT molecular complexity index is 799. The molecule has 1 saturated carbocycles. The first-order valence-corrected chi connectivity index (χ1v) is 9.29. The van der Waals surface area contributed by atoms with Crippen molar-refractivity contribution in [3.8, 4) is 0 Å². The van der Waals surface area contributed by atoms with E-state index in [0.717, 1.165) is 30.6 Å². The second-order valence-electron chi connectivity index (χ2n) is 7.40. The maximum absolute atomic E-state index is 13.2. The van der Waals surface area contributed by atoms with Crippen LogP contribution in [0.2, 0.25) is 0 Å². The summed E-state index contributed by atoms with van der Waals surface area (Å²) in [6, 6.07) is 7.49. The zero-order valence-corrected chi connectivity index (χ0v) is 14.9. The van der Waals surface area contributed by atoms with E-state index >= 15 is 0 Å². The summed E-state index contributed by atoms with van der Waals surface area (Å²) in [4.78, 5) is 8.88. The number of rotatable bonds is 5. The van der Waals surface area contributed by atoms with E-state index in [-0.39, 0.29) is 0 Å². The minimum atomic E-state index is -4.35. The summed E-state index contributed by atoms with van der Waals surface area (Å²) in [6.45, 7) is 1.59. The van der Waals surface area contributed by atoms with Crippen LogP contribution >= 0.6 is 0 Å². The van der Waals surface area contributed by atoms with Gasteiger partial charge in [-0.15, -0.1) is 0 Å². The van der Waals surface area contributed by atoms with E-state index in [9.17, 15) is 13.2 Å². The van der Waals surface area contributed by atoms with Gasteiger partial charge >= 0.3 is 6.18 Å². The van der Waals surface area contributed by atoms with Gasteiger partial charge in [0.25, 0.3) is 0 Å². The highest BCUT2D eigenvalue weighted by Gasteiger charge is 2.37. The van der Waals surface area contributed by atoms with Gasteiger partial charge in [0, 0.05) is 37.3 Å². The van der Waals surface area contributed by atoms with Crippen molar-refractivity contribution in [2.45, 2.75) is 43.2 Å². The Morgan fingerprint density at radius 3 is 2.63 bits per heavy atom. The molecule has 0 unspecified atom stereocenters. The third-order valence-corrected chi connectivity index (χ3v) is 5.48. The Kier molecular flexibility index (Phi) is 4.80. The highest BCUT2D eigenvalue weighted by atomic mass is 19.4. The number of halogens is 3. The molecule has 4 rings (SSSR count). The van der Waals surface area contributed by atoms with Crippen LogP contribution < -0.4 is 5.32 Å². The number of aromatic nitrogens is 2. The molecule has 7 heteroatoms. The predicted molar refractivity (Wildman–Crippen MR) is 95.7 cm³/mol. The van der Waals surface area contributed by atoms with E-state index in [0.29, 0.717) is 44.1 Å². The molecule has 1 aromatic heterocycles. The SMILES string of the molecule is FC(F)(F)c1cccc(C2(CNc3ccnc(C4CC4)n3)CCOCC2)c1. The summed E-state index contributed by atoms with van der Waals surface area (Å²) >= 11 is 0. The highest BCUT2D eigenvalue weighted by Crippen LogP contribution is 2.39. The second kappa shape index (κ2) is 7.11. The van der Waals surface area contributed by atoms with Gasteiger partial charge in [0.1, 0.15) is 11.6 Å². The summed E-state index contributed by atoms with van der Waals surface area (Å²) in [5, 5.41) is 3.35. The largest absolute Gasteiger partial charge is 0.416 e. The van der Waals surface area contributed by atoms with Crippen LogP contribution in [0, 0.1) is 0 Å². The van der Waals surface area contributed by atoms with E-state index in [2.05, 4.69) is 15.3 Å². The Hall–Kier alpha value is -2.15. The zero-order valence-electron chi connectivity index (χ0n) is 14.9.